The largest absolute Gasteiger partial charge is 0.395 e. The highest BCUT2D eigenvalue weighted by atomic mass is 16.3. The Labute approximate surface area is 123 Å². The average Bonchev–Trinajstić information content (AvgIpc) is 2.53. The summed E-state index contributed by atoms with van der Waals surface area (Å²) < 4.78 is 0. The third-order valence-electron chi connectivity index (χ3n) is 3.07. The zero-order valence-corrected chi connectivity index (χ0v) is 11.9. The van der Waals surface area contributed by atoms with Gasteiger partial charge in [0.1, 0.15) is 5.69 Å². The summed E-state index contributed by atoms with van der Waals surface area (Å²) in [6.07, 6.45) is 0. The fourth-order valence-corrected chi connectivity index (χ4v) is 1.98. The Morgan fingerprint density at radius 2 is 2.00 bits per heavy atom. The van der Waals surface area contributed by atoms with Gasteiger partial charge in [-0.3, -0.25) is 4.79 Å². The average molecular weight is 286 g/mol. The third-order valence-corrected chi connectivity index (χ3v) is 3.07. The second-order valence-electron chi connectivity index (χ2n) is 4.47. The number of hydrogen-bond acceptors (Lipinski definition) is 5. The van der Waals surface area contributed by atoms with E-state index in [1.54, 1.807) is 11.0 Å². The summed E-state index contributed by atoms with van der Waals surface area (Å²) in [7, 11) is 0. The normalized spacial score (nSPS) is 10.4. The van der Waals surface area contributed by atoms with Crippen molar-refractivity contribution in [3.05, 3.63) is 42.1 Å². The fourth-order valence-electron chi connectivity index (χ4n) is 1.98. The van der Waals surface area contributed by atoms with Gasteiger partial charge in [0, 0.05) is 18.7 Å². The molecule has 0 aliphatic heterocycles. The summed E-state index contributed by atoms with van der Waals surface area (Å²) in [4.78, 5) is 21.9. The van der Waals surface area contributed by atoms with Crippen LogP contribution in [0.1, 0.15) is 17.4 Å². The Morgan fingerprint density at radius 3 is 2.57 bits per heavy atom. The summed E-state index contributed by atoms with van der Waals surface area (Å²) >= 11 is 0. The van der Waals surface area contributed by atoms with Crippen LogP contribution in [0.25, 0.3) is 11.3 Å². The van der Waals surface area contributed by atoms with E-state index < -0.39 is 5.91 Å². The van der Waals surface area contributed by atoms with E-state index in [1.807, 2.05) is 37.3 Å². The molecule has 2 rings (SSSR count). The van der Waals surface area contributed by atoms with Crippen molar-refractivity contribution in [3.63, 3.8) is 0 Å². The van der Waals surface area contributed by atoms with Gasteiger partial charge in [-0.05, 0) is 13.0 Å². The summed E-state index contributed by atoms with van der Waals surface area (Å²) in [5.74, 6) is -0.211. The molecule has 0 spiro atoms. The zero-order valence-electron chi connectivity index (χ0n) is 11.9. The van der Waals surface area contributed by atoms with Crippen LogP contribution in [0.15, 0.2) is 36.4 Å². The second-order valence-corrected chi connectivity index (χ2v) is 4.47. The number of carbonyl (C=O) groups is 1. The van der Waals surface area contributed by atoms with Crippen molar-refractivity contribution >= 4 is 11.9 Å². The molecule has 2 aromatic rings. The Bertz CT molecular complexity index is 616. The lowest BCUT2D eigenvalue weighted by molar-refractivity contribution is 0.0995. The standard InChI is InChI=1S/C15H18N4O2/c1-2-19(8-9-20)15-17-12(10-13(18-15)14(16)21)11-6-4-3-5-7-11/h3-7,10,20H,2,8-9H2,1H3,(H2,16,21). The predicted molar refractivity (Wildman–Crippen MR) is 81.0 cm³/mol. The number of rotatable bonds is 6. The number of aliphatic hydroxyl groups excluding tert-OH is 1. The van der Waals surface area contributed by atoms with E-state index >= 15 is 0 Å². The first-order valence-electron chi connectivity index (χ1n) is 6.75. The summed E-state index contributed by atoms with van der Waals surface area (Å²) in [6.45, 7) is 2.93. The molecule has 1 aromatic carbocycles. The lowest BCUT2D eigenvalue weighted by Gasteiger charge is -2.20. The number of benzene rings is 1. The van der Waals surface area contributed by atoms with Gasteiger partial charge in [-0.2, -0.15) is 0 Å². The second kappa shape index (κ2) is 6.81. The van der Waals surface area contributed by atoms with Crippen LogP contribution in [0, 0.1) is 0 Å². The molecule has 0 unspecified atom stereocenters. The van der Waals surface area contributed by atoms with Gasteiger partial charge in [0.15, 0.2) is 0 Å². The first-order chi connectivity index (χ1) is 10.2. The van der Waals surface area contributed by atoms with Gasteiger partial charge in [0.2, 0.25) is 5.95 Å². The molecule has 1 aromatic heterocycles. The first-order valence-corrected chi connectivity index (χ1v) is 6.75. The highest BCUT2D eigenvalue weighted by molar-refractivity contribution is 5.92. The predicted octanol–water partition coefficient (Wildman–Crippen LogP) is 1.06. The van der Waals surface area contributed by atoms with Crippen molar-refractivity contribution < 1.29 is 9.90 Å². The number of hydrogen-bond donors (Lipinski definition) is 2. The molecule has 110 valence electrons. The molecule has 0 atom stereocenters. The molecule has 3 N–H and O–H groups in total. The summed E-state index contributed by atoms with van der Waals surface area (Å²) in [5, 5.41) is 9.11. The van der Waals surface area contributed by atoms with Gasteiger partial charge in [-0.25, -0.2) is 9.97 Å². The quantitative estimate of drug-likeness (QED) is 0.828. The molecule has 0 aliphatic rings. The Morgan fingerprint density at radius 1 is 1.29 bits per heavy atom. The maximum atomic E-state index is 11.5. The lowest BCUT2D eigenvalue weighted by atomic mass is 10.1. The molecule has 21 heavy (non-hydrogen) atoms. The monoisotopic (exact) mass is 286 g/mol. The first kappa shape index (κ1) is 14.9. The van der Waals surface area contributed by atoms with Crippen molar-refractivity contribution in [3.8, 4) is 11.3 Å². The number of primary amides is 1. The molecular weight excluding hydrogens is 268 g/mol. The van der Waals surface area contributed by atoms with Crippen molar-refractivity contribution in [2.75, 3.05) is 24.6 Å². The maximum absolute atomic E-state index is 11.5. The molecule has 6 heteroatoms. The molecule has 1 amide bonds. The summed E-state index contributed by atoms with van der Waals surface area (Å²) in [5.41, 5.74) is 7.02. The molecule has 0 radical (unpaired) electrons. The number of nitrogens with two attached hydrogens (primary N) is 1. The van der Waals surface area contributed by atoms with E-state index in [2.05, 4.69) is 9.97 Å². The third kappa shape index (κ3) is 3.55. The molecule has 6 nitrogen and oxygen atoms in total. The minimum absolute atomic E-state index is 0.0152. The minimum Gasteiger partial charge on any atom is -0.395 e. The van der Waals surface area contributed by atoms with Crippen molar-refractivity contribution in [2.45, 2.75) is 6.92 Å². The van der Waals surface area contributed by atoms with Crippen LogP contribution in [0.5, 0.6) is 0 Å². The van der Waals surface area contributed by atoms with Gasteiger partial charge >= 0.3 is 0 Å². The van der Waals surface area contributed by atoms with Gasteiger partial charge in [-0.15, -0.1) is 0 Å². The Balaban J connectivity index is 2.51. The summed E-state index contributed by atoms with van der Waals surface area (Å²) in [6, 6.07) is 11.1. The molecule has 1 heterocycles. The van der Waals surface area contributed by atoms with Crippen molar-refractivity contribution in [1.82, 2.24) is 9.97 Å². The number of anilines is 1. The number of aromatic nitrogens is 2. The van der Waals surface area contributed by atoms with E-state index in [9.17, 15) is 4.79 Å². The van der Waals surface area contributed by atoms with Gasteiger partial charge in [0.05, 0.1) is 12.3 Å². The van der Waals surface area contributed by atoms with E-state index in [4.69, 9.17) is 10.8 Å². The number of amides is 1. The highest BCUT2D eigenvalue weighted by Crippen LogP contribution is 2.20. The van der Waals surface area contributed by atoms with Crippen molar-refractivity contribution in [1.29, 1.82) is 0 Å². The van der Waals surface area contributed by atoms with Crippen LogP contribution in [0.2, 0.25) is 0 Å². The molecule has 0 fully saturated rings. The van der Waals surface area contributed by atoms with Gasteiger partial charge in [0.25, 0.3) is 5.91 Å². The molecule has 0 aliphatic carbocycles. The number of carbonyl (C=O) groups excluding carboxylic acids is 1. The minimum atomic E-state index is -0.601. The molecular formula is C15H18N4O2. The smallest absolute Gasteiger partial charge is 0.267 e. The Hall–Kier alpha value is -2.47. The SMILES string of the molecule is CCN(CCO)c1nc(C(N)=O)cc(-c2ccccc2)n1. The number of likely N-dealkylation sites (N-methyl/N-ethyl adjacent to an activating group) is 1. The zero-order chi connectivity index (χ0) is 15.2. The topological polar surface area (TPSA) is 92.3 Å². The highest BCUT2D eigenvalue weighted by Gasteiger charge is 2.14. The van der Waals surface area contributed by atoms with Gasteiger partial charge < -0.3 is 15.7 Å². The van der Waals surface area contributed by atoms with Crippen LogP contribution in [-0.2, 0) is 0 Å². The van der Waals surface area contributed by atoms with Crippen LogP contribution >= 0.6 is 0 Å². The molecule has 0 bridgehead atoms. The van der Waals surface area contributed by atoms with E-state index in [1.165, 1.54) is 0 Å². The molecule has 0 saturated heterocycles. The van der Waals surface area contributed by atoms with Crippen LogP contribution < -0.4 is 10.6 Å². The van der Waals surface area contributed by atoms with E-state index in [-0.39, 0.29) is 12.3 Å². The number of nitrogens with zero attached hydrogens (tertiary/aromatic N) is 3. The maximum Gasteiger partial charge on any atom is 0.267 e. The Kier molecular flexibility index (Phi) is 4.84. The van der Waals surface area contributed by atoms with E-state index in [0.717, 1.165) is 5.56 Å². The lowest BCUT2D eigenvalue weighted by Crippen LogP contribution is -2.29. The van der Waals surface area contributed by atoms with E-state index in [0.29, 0.717) is 24.7 Å². The molecule has 0 saturated carbocycles. The van der Waals surface area contributed by atoms with Crippen LogP contribution in [-0.4, -0.2) is 40.7 Å². The van der Waals surface area contributed by atoms with Crippen LogP contribution in [0.3, 0.4) is 0 Å². The van der Waals surface area contributed by atoms with Crippen LogP contribution in [0.4, 0.5) is 5.95 Å². The fraction of sp³-hybridized carbons (Fsp3) is 0.267. The van der Waals surface area contributed by atoms with Crippen molar-refractivity contribution in [2.24, 2.45) is 5.73 Å². The number of aliphatic hydroxyl groups is 1. The van der Waals surface area contributed by atoms with Gasteiger partial charge in [-0.1, -0.05) is 30.3 Å².